The summed E-state index contributed by atoms with van der Waals surface area (Å²) in [6.07, 6.45) is 0. The second kappa shape index (κ2) is 4.18. The molecule has 0 spiro atoms. The van der Waals surface area contributed by atoms with Crippen LogP contribution in [0.15, 0.2) is 59.0 Å². The number of fused-ring (bicyclic) bond motifs is 6. The highest BCUT2D eigenvalue weighted by Gasteiger charge is 2.36. The summed E-state index contributed by atoms with van der Waals surface area (Å²) in [5.41, 5.74) is 6.98. The number of rotatable bonds is 0. The molecule has 0 saturated heterocycles. The van der Waals surface area contributed by atoms with Crippen molar-refractivity contribution in [2.24, 2.45) is 0 Å². The lowest BCUT2D eigenvalue weighted by Crippen LogP contribution is -2.14. The first-order chi connectivity index (χ1) is 11.1. The number of hydrogen-bond acceptors (Lipinski definition) is 1. The molecule has 1 aliphatic rings. The fraction of sp³-hybridized carbons (Fsp3) is 0.143. The average molecular weight is 319 g/mol. The van der Waals surface area contributed by atoms with Crippen LogP contribution in [0.4, 0.5) is 0 Å². The number of benzene rings is 3. The monoisotopic (exact) mass is 318 g/mol. The molecule has 23 heavy (non-hydrogen) atoms. The summed E-state index contributed by atoms with van der Waals surface area (Å²) in [5, 5.41) is 3.14. The van der Waals surface area contributed by atoms with Gasteiger partial charge < -0.3 is 4.42 Å². The van der Waals surface area contributed by atoms with Crippen molar-refractivity contribution < 1.29 is 4.42 Å². The number of para-hydroxylation sites is 1. The third-order valence-corrected chi connectivity index (χ3v) is 5.37. The lowest BCUT2D eigenvalue weighted by molar-refractivity contribution is 0.658. The van der Waals surface area contributed by atoms with E-state index >= 15 is 0 Å². The van der Waals surface area contributed by atoms with Crippen molar-refractivity contribution in [3.8, 4) is 11.1 Å². The van der Waals surface area contributed by atoms with Crippen molar-refractivity contribution in [3.63, 3.8) is 0 Å². The lowest BCUT2D eigenvalue weighted by Gasteiger charge is -2.21. The maximum atomic E-state index is 6.24. The highest BCUT2D eigenvalue weighted by molar-refractivity contribution is 6.31. The second-order valence-corrected chi connectivity index (χ2v) is 7.24. The molecular formula is C21H15ClO. The van der Waals surface area contributed by atoms with Crippen LogP contribution in [0.25, 0.3) is 33.1 Å². The van der Waals surface area contributed by atoms with Crippen LogP contribution in [0.3, 0.4) is 0 Å². The minimum atomic E-state index is -0.0260. The van der Waals surface area contributed by atoms with Crippen LogP contribution in [0.5, 0.6) is 0 Å². The van der Waals surface area contributed by atoms with E-state index in [1.54, 1.807) is 0 Å². The van der Waals surface area contributed by atoms with E-state index in [4.69, 9.17) is 16.0 Å². The van der Waals surface area contributed by atoms with E-state index in [0.717, 1.165) is 16.2 Å². The summed E-state index contributed by atoms with van der Waals surface area (Å²) in [5.74, 6) is 0. The van der Waals surface area contributed by atoms with Gasteiger partial charge in [0.25, 0.3) is 0 Å². The smallest absolute Gasteiger partial charge is 0.136 e. The van der Waals surface area contributed by atoms with Gasteiger partial charge in [0.05, 0.1) is 0 Å². The minimum absolute atomic E-state index is 0.0260. The van der Waals surface area contributed by atoms with E-state index in [1.807, 2.05) is 18.2 Å². The molecule has 0 aliphatic heterocycles. The van der Waals surface area contributed by atoms with Crippen molar-refractivity contribution in [2.45, 2.75) is 19.3 Å². The predicted octanol–water partition coefficient (Wildman–Crippen LogP) is 6.55. The minimum Gasteiger partial charge on any atom is -0.456 e. The van der Waals surface area contributed by atoms with Crippen LogP contribution in [0.1, 0.15) is 25.0 Å². The van der Waals surface area contributed by atoms with E-state index in [9.17, 15) is 0 Å². The van der Waals surface area contributed by atoms with E-state index in [2.05, 4.69) is 50.2 Å². The zero-order valence-corrected chi connectivity index (χ0v) is 13.7. The van der Waals surface area contributed by atoms with Crippen molar-refractivity contribution >= 4 is 33.5 Å². The Kier molecular flexibility index (Phi) is 2.40. The molecule has 0 unspecified atom stereocenters. The molecule has 0 radical (unpaired) electrons. The van der Waals surface area contributed by atoms with Crippen molar-refractivity contribution in [3.05, 3.63) is 70.7 Å². The molecule has 0 N–H and O–H groups in total. The Morgan fingerprint density at radius 2 is 1.57 bits per heavy atom. The predicted molar refractivity (Wildman–Crippen MR) is 96.3 cm³/mol. The van der Waals surface area contributed by atoms with Crippen LogP contribution in [0.2, 0.25) is 5.02 Å². The SMILES string of the molecule is CC1(C)c2ccc(Cl)cc2-c2cc3oc4ccccc4c3cc21. The van der Waals surface area contributed by atoms with Crippen LogP contribution >= 0.6 is 11.6 Å². The molecule has 1 heterocycles. The first-order valence-corrected chi connectivity index (χ1v) is 8.20. The maximum Gasteiger partial charge on any atom is 0.136 e. The van der Waals surface area contributed by atoms with Gasteiger partial charge in [0.15, 0.2) is 0 Å². The standard InChI is InChI=1S/C21H15ClO/c1-21(2)17-8-7-12(22)9-14(17)15-11-20-16(10-18(15)21)13-5-3-4-6-19(13)23-20/h3-11H,1-2H3. The van der Waals surface area contributed by atoms with Crippen LogP contribution in [0, 0.1) is 0 Å². The molecule has 4 aromatic rings. The molecule has 5 rings (SSSR count). The largest absolute Gasteiger partial charge is 0.456 e. The lowest BCUT2D eigenvalue weighted by atomic mass is 9.82. The zero-order valence-electron chi connectivity index (χ0n) is 13.0. The number of halogens is 1. The fourth-order valence-corrected chi connectivity index (χ4v) is 4.11. The zero-order chi connectivity index (χ0) is 15.8. The molecule has 112 valence electrons. The van der Waals surface area contributed by atoms with Gasteiger partial charge in [-0.3, -0.25) is 0 Å². The van der Waals surface area contributed by atoms with Crippen molar-refractivity contribution in [2.75, 3.05) is 0 Å². The van der Waals surface area contributed by atoms with Gasteiger partial charge in [-0.1, -0.05) is 49.7 Å². The van der Waals surface area contributed by atoms with Crippen LogP contribution < -0.4 is 0 Å². The Morgan fingerprint density at radius 1 is 0.783 bits per heavy atom. The molecule has 1 aliphatic carbocycles. The van der Waals surface area contributed by atoms with Gasteiger partial charge in [-0.05, 0) is 52.6 Å². The van der Waals surface area contributed by atoms with Crippen LogP contribution in [-0.4, -0.2) is 0 Å². The van der Waals surface area contributed by atoms with Crippen molar-refractivity contribution in [1.29, 1.82) is 0 Å². The third-order valence-electron chi connectivity index (χ3n) is 5.14. The number of hydrogen-bond donors (Lipinski definition) is 0. The first kappa shape index (κ1) is 13.2. The van der Waals surface area contributed by atoms with Gasteiger partial charge in [0.1, 0.15) is 11.2 Å². The molecule has 1 aromatic heterocycles. The molecule has 0 atom stereocenters. The maximum absolute atomic E-state index is 6.24. The summed E-state index contributed by atoms with van der Waals surface area (Å²) < 4.78 is 6.06. The highest BCUT2D eigenvalue weighted by atomic mass is 35.5. The molecule has 2 heteroatoms. The van der Waals surface area contributed by atoms with E-state index < -0.39 is 0 Å². The van der Waals surface area contributed by atoms with Gasteiger partial charge in [-0.2, -0.15) is 0 Å². The van der Waals surface area contributed by atoms with Gasteiger partial charge in [0, 0.05) is 21.2 Å². The summed E-state index contributed by atoms with van der Waals surface area (Å²) in [6, 6.07) is 18.9. The van der Waals surface area contributed by atoms with Gasteiger partial charge in [0.2, 0.25) is 0 Å². The fourth-order valence-electron chi connectivity index (χ4n) is 3.94. The average Bonchev–Trinajstić information content (AvgIpc) is 2.99. The molecule has 0 fully saturated rings. The Morgan fingerprint density at radius 3 is 2.43 bits per heavy atom. The van der Waals surface area contributed by atoms with Gasteiger partial charge in [-0.15, -0.1) is 0 Å². The number of furan rings is 1. The van der Waals surface area contributed by atoms with Crippen molar-refractivity contribution in [1.82, 2.24) is 0 Å². The molecule has 0 bridgehead atoms. The van der Waals surface area contributed by atoms with E-state index in [-0.39, 0.29) is 5.41 Å². The second-order valence-electron chi connectivity index (χ2n) is 6.81. The molecule has 3 aromatic carbocycles. The Balaban J connectivity index is 1.93. The summed E-state index contributed by atoms with van der Waals surface area (Å²) in [4.78, 5) is 0. The molecular weight excluding hydrogens is 304 g/mol. The summed E-state index contributed by atoms with van der Waals surface area (Å²) in [7, 11) is 0. The summed E-state index contributed by atoms with van der Waals surface area (Å²) in [6.45, 7) is 4.55. The van der Waals surface area contributed by atoms with Crippen LogP contribution in [-0.2, 0) is 5.41 Å². The van der Waals surface area contributed by atoms with E-state index in [0.29, 0.717) is 0 Å². The molecule has 0 saturated carbocycles. The Labute approximate surface area is 139 Å². The Hall–Kier alpha value is -2.25. The summed E-state index contributed by atoms with van der Waals surface area (Å²) >= 11 is 6.24. The topological polar surface area (TPSA) is 13.1 Å². The first-order valence-electron chi connectivity index (χ1n) is 7.82. The normalized spacial score (nSPS) is 15.1. The molecule has 1 nitrogen and oxygen atoms in total. The van der Waals surface area contributed by atoms with E-state index in [1.165, 1.54) is 33.0 Å². The van der Waals surface area contributed by atoms with Gasteiger partial charge >= 0.3 is 0 Å². The highest BCUT2D eigenvalue weighted by Crippen LogP contribution is 2.51. The quantitative estimate of drug-likeness (QED) is 0.358. The third kappa shape index (κ3) is 1.63. The van der Waals surface area contributed by atoms with Gasteiger partial charge in [-0.25, -0.2) is 0 Å². The Bertz CT molecular complexity index is 1100. The molecule has 0 amide bonds.